The van der Waals surface area contributed by atoms with Crippen LogP contribution in [0.25, 0.3) is 0 Å². The highest BCUT2D eigenvalue weighted by Gasteiger charge is 2.11. The maximum absolute atomic E-state index is 11.0. The van der Waals surface area contributed by atoms with Gasteiger partial charge >= 0.3 is 0 Å². The number of anilines is 1. The molecular formula is C6H12N5O2P. The van der Waals surface area contributed by atoms with Crippen molar-refractivity contribution < 1.29 is 9.30 Å². The van der Waals surface area contributed by atoms with Crippen LogP contribution in [0.2, 0.25) is 0 Å². The number of aryl methyl sites for hydroxylation is 1. The minimum atomic E-state index is -3.37. The first-order valence-corrected chi connectivity index (χ1v) is 5.60. The quantitative estimate of drug-likeness (QED) is 0.620. The fraction of sp³-hybridized carbons (Fsp3) is 0.333. The van der Waals surface area contributed by atoms with Crippen molar-refractivity contribution in [3.05, 3.63) is 11.8 Å². The van der Waals surface area contributed by atoms with Crippen LogP contribution in [0.3, 0.4) is 0 Å². The van der Waals surface area contributed by atoms with E-state index in [0.717, 1.165) is 0 Å². The summed E-state index contributed by atoms with van der Waals surface area (Å²) in [6.45, 7) is 1.74. The maximum atomic E-state index is 11.0. The van der Waals surface area contributed by atoms with Crippen LogP contribution in [-0.2, 0) is 4.57 Å². The molecular weight excluding hydrogens is 205 g/mol. The lowest BCUT2D eigenvalue weighted by atomic mass is 10.4. The van der Waals surface area contributed by atoms with E-state index in [1.807, 2.05) is 0 Å². The molecule has 0 aliphatic heterocycles. The fourth-order valence-electron chi connectivity index (χ4n) is 0.851. The van der Waals surface area contributed by atoms with Crippen molar-refractivity contribution in [2.75, 3.05) is 12.2 Å². The highest BCUT2D eigenvalue weighted by atomic mass is 31.2. The summed E-state index contributed by atoms with van der Waals surface area (Å²) in [5.41, 5.74) is 10.9. The van der Waals surface area contributed by atoms with E-state index in [9.17, 15) is 4.57 Å². The number of hydrogen-bond donors (Lipinski definition) is 3. The molecule has 1 aromatic heterocycles. The van der Waals surface area contributed by atoms with Crippen molar-refractivity contribution in [3.8, 4) is 5.88 Å². The Bertz CT molecular complexity index is 376. The lowest BCUT2D eigenvalue weighted by Crippen LogP contribution is -2.15. The Balaban J connectivity index is 2.98. The van der Waals surface area contributed by atoms with Crippen LogP contribution in [0.4, 0.5) is 5.95 Å². The molecule has 0 saturated heterocycles. The van der Waals surface area contributed by atoms with E-state index in [-0.39, 0.29) is 5.95 Å². The van der Waals surface area contributed by atoms with E-state index in [1.165, 1.54) is 7.11 Å². The van der Waals surface area contributed by atoms with E-state index in [0.29, 0.717) is 11.6 Å². The van der Waals surface area contributed by atoms with Gasteiger partial charge in [0, 0.05) is 11.8 Å². The molecule has 0 spiro atoms. The third-order valence-electron chi connectivity index (χ3n) is 1.31. The van der Waals surface area contributed by atoms with Gasteiger partial charge in [0.05, 0.1) is 7.11 Å². The van der Waals surface area contributed by atoms with Crippen molar-refractivity contribution in [1.29, 1.82) is 0 Å². The second-order valence-electron chi connectivity index (χ2n) is 2.70. The number of aromatic nitrogens is 2. The monoisotopic (exact) mass is 217 g/mol. The zero-order chi connectivity index (χ0) is 10.8. The van der Waals surface area contributed by atoms with E-state index >= 15 is 0 Å². The van der Waals surface area contributed by atoms with Gasteiger partial charge in [0.15, 0.2) is 0 Å². The predicted octanol–water partition coefficient (Wildman–Crippen LogP) is 0.231. The highest BCUT2D eigenvalue weighted by Crippen LogP contribution is 2.25. The first kappa shape index (κ1) is 10.9. The van der Waals surface area contributed by atoms with Crippen molar-refractivity contribution >= 4 is 13.5 Å². The van der Waals surface area contributed by atoms with Gasteiger partial charge < -0.3 is 4.74 Å². The molecule has 1 aromatic rings. The molecule has 0 aliphatic rings. The number of ether oxygens (including phenoxy) is 1. The lowest BCUT2D eigenvalue weighted by molar-refractivity contribution is 0.397. The average molecular weight is 217 g/mol. The van der Waals surface area contributed by atoms with Crippen LogP contribution in [0.15, 0.2) is 6.07 Å². The zero-order valence-corrected chi connectivity index (χ0v) is 8.78. The molecule has 8 heteroatoms. The molecule has 1 heterocycles. The normalized spacial score (nSPS) is 11.1. The molecule has 0 atom stereocenters. The third-order valence-corrected chi connectivity index (χ3v) is 1.86. The Morgan fingerprint density at radius 2 is 2.14 bits per heavy atom. The highest BCUT2D eigenvalue weighted by molar-refractivity contribution is 7.60. The lowest BCUT2D eigenvalue weighted by Gasteiger charge is -2.09. The first-order chi connectivity index (χ1) is 6.40. The van der Waals surface area contributed by atoms with Gasteiger partial charge in [-0.25, -0.2) is 4.98 Å². The molecule has 0 bridgehead atoms. The van der Waals surface area contributed by atoms with Crippen LogP contribution >= 0.6 is 7.59 Å². The number of nitrogens with one attached hydrogen (secondary N) is 1. The largest absolute Gasteiger partial charge is 0.481 e. The van der Waals surface area contributed by atoms with Crippen molar-refractivity contribution in [1.82, 2.24) is 9.97 Å². The number of nitrogens with zero attached hydrogens (tertiary/aromatic N) is 2. The number of methoxy groups -OCH3 is 1. The van der Waals surface area contributed by atoms with Gasteiger partial charge in [0.2, 0.25) is 11.8 Å². The minimum absolute atomic E-state index is 0.0928. The van der Waals surface area contributed by atoms with Gasteiger partial charge in [-0.05, 0) is 6.92 Å². The summed E-state index contributed by atoms with van der Waals surface area (Å²) in [6.07, 6.45) is 0. The van der Waals surface area contributed by atoms with E-state index in [2.05, 4.69) is 15.1 Å². The van der Waals surface area contributed by atoms with Crippen LogP contribution in [0, 0.1) is 6.92 Å². The summed E-state index contributed by atoms with van der Waals surface area (Å²) in [6, 6.07) is 1.63. The summed E-state index contributed by atoms with van der Waals surface area (Å²) in [7, 11) is -1.90. The number of hydrogen-bond acceptors (Lipinski definition) is 4. The molecule has 7 nitrogen and oxygen atoms in total. The molecule has 0 aliphatic carbocycles. The predicted molar refractivity (Wildman–Crippen MR) is 52.9 cm³/mol. The van der Waals surface area contributed by atoms with Crippen LogP contribution in [0.5, 0.6) is 5.88 Å². The van der Waals surface area contributed by atoms with Gasteiger partial charge in [-0.15, -0.1) is 0 Å². The molecule has 0 saturated carbocycles. The van der Waals surface area contributed by atoms with Crippen molar-refractivity contribution in [2.45, 2.75) is 6.92 Å². The van der Waals surface area contributed by atoms with Crippen molar-refractivity contribution in [3.63, 3.8) is 0 Å². The second-order valence-corrected chi connectivity index (χ2v) is 4.34. The van der Waals surface area contributed by atoms with Gasteiger partial charge in [0.1, 0.15) is 0 Å². The van der Waals surface area contributed by atoms with E-state index < -0.39 is 7.59 Å². The van der Waals surface area contributed by atoms with E-state index in [4.69, 9.17) is 15.7 Å². The van der Waals surface area contributed by atoms with Gasteiger partial charge in [-0.3, -0.25) is 20.7 Å². The summed E-state index contributed by atoms with van der Waals surface area (Å²) < 4.78 is 15.9. The molecule has 0 aromatic carbocycles. The summed E-state index contributed by atoms with van der Waals surface area (Å²) >= 11 is 0. The second kappa shape index (κ2) is 3.91. The van der Waals surface area contributed by atoms with Crippen LogP contribution in [0.1, 0.15) is 5.69 Å². The molecule has 0 unspecified atom stereocenters. The summed E-state index contributed by atoms with van der Waals surface area (Å²) in [4.78, 5) is 7.79. The zero-order valence-electron chi connectivity index (χ0n) is 7.89. The summed E-state index contributed by atoms with van der Waals surface area (Å²) in [5, 5.41) is 2.31. The Morgan fingerprint density at radius 3 is 2.64 bits per heavy atom. The number of nitrogens with two attached hydrogens (primary N) is 2. The third kappa shape index (κ3) is 3.29. The van der Waals surface area contributed by atoms with Gasteiger partial charge in [0.25, 0.3) is 7.59 Å². The smallest absolute Gasteiger partial charge is 0.300 e. The molecule has 78 valence electrons. The minimum Gasteiger partial charge on any atom is -0.481 e. The SMILES string of the molecule is COc1cc(C)nc(NP(N)(N)=O)n1. The number of rotatable bonds is 3. The standard InChI is InChI=1S/C6H12N5O2P/c1-4-3-5(13-2)10-6(9-4)11-14(7,8)12/h3H,1-2H3,(H5,7,8,9,10,11,12). The van der Waals surface area contributed by atoms with Crippen LogP contribution in [-0.4, -0.2) is 17.1 Å². The molecule has 5 N–H and O–H groups in total. The maximum Gasteiger partial charge on any atom is 0.300 e. The fourth-order valence-corrected chi connectivity index (χ4v) is 1.26. The van der Waals surface area contributed by atoms with Gasteiger partial charge in [-0.1, -0.05) is 0 Å². The first-order valence-electron chi connectivity index (χ1n) is 3.76. The van der Waals surface area contributed by atoms with Crippen LogP contribution < -0.4 is 20.8 Å². The molecule has 0 fully saturated rings. The van der Waals surface area contributed by atoms with E-state index in [1.54, 1.807) is 13.0 Å². The Labute approximate surface area is 81.4 Å². The Kier molecular flexibility index (Phi) is 3.05. The molecule has 0 amide bonds. The molecule has 14 heavy (non-hydrogen) atoms. The Hall–Kier alpha value is -1.17. The topological polar surface area (TPSA) is 116 Å². The molecule has 0 radical (unpaired) electrons. The average Bonchev–Trinajstić information content (AvgIpc) is 1.99. The summed E-state index contributed by atoms with van der Waals surface area (Å²) in [5.74, 6) is 0.448. The van der Waals surface area contributed by atoms with Crippen molar-refractivity contribution in [2.24, 2.45) is 11.0 Å². The van der Waals surface area contributed by atoms with Gasteiger partial charge in [-0.2, -0.15) is 4.98 Å². The molecule has 1 rings (SSSR count). The Morgan fingerprint density at radius 1 is 1.50 bits per heavy atom.